The van der Waals surface area contributed by atoms with Crippen molar-refractivity contribution in [3.63, 3.8) is 0 Å². The van der Waals surface area contributed by atoms with Crippen molar-refractivity contribution in [2.75, 3.05) is 19.6 Å². The summed E-state index contributed by atoms with van der Waals surface area (Å²) in [5.74, 6) is 0. The van der Waals surface area contributed by atoms with Crippen LogP contribution < -0.4 is 0 Å². The average Bonchev–Trinajstić information content (AvgIpc) is 2.84. The maximum absolute atomic E-state index is 3.78. The summed E-state index contributed by atoms with van der Waals surface area (Å²) in [4.78, 5) is 6.24. The third-order valence-corrected chi connectivity index (χ3v) is 2.57. The highest BCUT2D eigenvalue weighted by Crippen LogP contribution is 2.07. The van der Waals surface area contributed by atoms with E-state index in [1.54, 1.807) is 23.3 Å². The summed E-state index contributed by atoms with van der Waals surface area (Å²) in [6.07, 6.45) is 13.1. The lowest BCUT2D eigenvalue weighted by molar-refractivity contribution is 0.251. The maximum atomic E-state index is 3.78. The van der Waals surface area contributed by atoms with Gasteiger partial charge in [-0.25, -0.2) is 4.98 Å². The Labute approximate surface area is 115 Å². The fraction of sp³-hybridized carbons (Fsp3) is 0.462. The van der Waals surface area contributed by atoms with Crippen LogP contribution in [0.1, 0.15) is 19.3 Å². The topological polar surface area (TPSA) is 21.1 Å². The van der Waals surface area contributed by atoms with Gasteiger partial charge in [0.05, 0.1) is 6.33 Å². The SMILES string of the molecule is Br.C=CCN1CCCCC1.C=Cn1ccnc1. The van der Waals surface area contributed by atoms with E-state index >= 15 is 0 Å². The number of nitrogens with zero attached hydrogens (tertiary/aromatic N) is 3. The largest absolute Gasteiger partial charge is 0.314 e. The highest BCUT2D eigenvalue weighted by Gasteiger charge is 2.06. The molecule has 0 saturated carbocycles. The van der Waals surface area contributed by atoms with E-state index < -0.39 is 0 Å². The van der Waals surface area contributed by atoms with Crippen LogP contribution in [0.3, 0.4) is 0 Å². The van der Waals surface area contributed by atoms with E-state index in [0.717, 1.165) is 6.54 Å². The van der Waals surface area contributed by atoms with Crippen molar-refractivity contribution in [1.82, 2.24) is 14.5 Å². The normalized spacial score (nSPS) is 15.1. The highest BCUT2D eigenvalue weighted by atomic mass is 79.9. The van der Waals surface area contributed by atoms with Gasteiger partial charge in [0.25, 0.3) is 0 Å². The summed E-state index contributed by atoms with van der Waals surface area (Å²) in [5.41, 5.74) is 0. The Bertz CT molecular complexity index is 290. The van der Waals surface area contributed by atoms with Crippen LogP contribution in [-0.4, -0.2) is 34.1 Å². The van der Waals surface area contributed by atoms with Crippen molar-refractivity contribution in [2.45, 2.75) is 19.3 Å². The molecule has 0 amide bonds. The zero-order chi connectivity index (χ0) is 11.6. The highest BCUT2D eigenvalue weighted by molar-refractivity contribution is 8.93. The number of rotatable bonds is 3. The Balaban J connectivity index is 0.000000292. The van der Waals surface area contributed by atoms with Gasteiger partial charge in [-0.15, -0.1) is 23.6 Å². The standard InChI is InChI=1S/C8H15N.C5H6N2.BrH/c1-2-6-9-7-4-3-5-8-9;1-2-7-4-3-6-5-7;/h2H,1,3-8H2;2-5H,1H2;1H. The minimum Gasteiger partial charge on any atom is -0.314 e. The number of halogens is 1. The van der Waals surface area contributed by atoms with Crippen molar-refractivity contribution in [3.8, 4) is 0 Å². The Kier molecular flexibility index (Phi) is 9.77. The van der Waals surface area contributed by atoms with Gasteiger partial charge in [-0.05, 0) is 25.9 Å². The molecule has 0 bridgehead atoms. The van der Waals surface area contributed by atoms with E-state index in [9.17, 15) is 0 Å². The second-order valence-corrected chi connectivity index (χ2v) is 3.84. The summed E-state index contributed by atoms with van der Waals surface area (Å²) in [6.45, 7) is 10.9. The van der Waals surface area contributed by atoms with Crippen molar-refractivity contribution in [3.05, 3.63) is 38.0 Å². The van der Waals surface area contributed by atoms with Gasteiger partial charge in [-0.3, -0.25) is 4.90 Å². The van der Waals surface area contributed by atoms with Crippen molar-refractivity contribution in [1.29, 1.82) is 0 Å². The van der Waals surface area contributed by atoms with Crippen LogP contribution in [0.25, 0.3) is 6.20 Å². The summed E-state index contributed by atoms with van der Waals surface area (Å²) >= 11 is 0. The summed E-state index contributed by atoms with van der Waals surface area (Å²) < 4.78 is 1.78. The quantitative estimate of drug-likeness (QED) is 0.799. The molecule has 0 aliphatic carbocycles. The molecule has 1 aliphatic heterocycles. The van der Waals surface area contributed by atoms with Crippen LogP contribution in [-0.2, 0) is 0 Å². The summed E-state index contributed by atoms with van der Waals surface area (Å²) in [6, 6.07) is 0. The second-order valence-electron chi connectivity index (χ2n) is 3.84. The fourth-order valence-electron chi connectivity index (χ4n) is 1.70. The zero-order valence-corrected chi connectivity index (χ0v) is 12.0. The number of imidazole rings is 1. The molecule has 3 nitrogen and oxygen atoms in total. The molecule has 0 N–H and O–H groups in total. The Morgan fingerprint density at radius 2 is 1.88 bits per heavy atom. The zero-order valence-electron chi connectivity index (χ0n) is 10.3. The number of hydrogen-bond acceptors (Lipinski definition) is 2. The first-order valence-electron chi connectivity index (χ1n) is 5.80. The molecule has 1 aromatic rings. The molecule has 17 heavy (non-hydrogen) atoms. The van der Waals surface area contributed by atoms with Crippen molar-refractivity contribution in [2.24, 2.45) is 0 Å². The first-order valence-corrected chi connectivity index (χ1v) is 5.80. The van der Waals surface area contributed by atoms with Crippen LogP contribution in [0.5, 0.6) is 0 Å². The third-order valence-electron chi connectivity index (χ3n) is 2.57. The third kappa shape index (κ3) is 7.13. The van der Waals surface area contributed by atoms with Gasteiger partial charge in [-0.1, -0.05) is 19.1 Å². The number of hydrogen-bond donors (Lipinski definition) is 0. The van der Waals surface area contributed by atoms with Crippen LogP contribution in [0.4, 0.5) is 0 Å². The van der Waals surface area contributed by atoms with E-state index in [1.807, 2.05) is 12.3 Å². The van der Waals surface area contributed by atoms with Gasteiger partial charge in [0.2, 0.25) is 0 Å². The van der Waals surface area contributed by atoms with E-state index in [-0.39, 0.29) is 17.0 Å². The molecule has 1 aromatic heterocycles. The molecule has 0 radical (unpaired) electrons. The molecular formula is C13H22BrN3. The summed E-state index contributed by atoms with van der Waals surface area (Å²) in [5, 5.41) is 0. The van der Waals surface area contributed by atoms with Gasteiger partial charge in [0.1, 0.15) is 0 Å². The van der Waals surface area contributed by atoms with Gasteiger partial charge < -0.3 is 4.57 Å². The molecule has 4 heteroatoms. The Morgan fingerprint density at radius 1 is 1.18 bits per heavy atom. The maximum Gasteiger partial charge on any atom is 0.0986 e. The van der Waals surface area contributed by atoms with Crippen LogP contribution >= 0.6 is 17.0 Å². The molecule has 0 atom stereocenters. The van der Waals surface area contributed by atoms with Gasteiger partial charge in [0.15, 0.2) is 0 Å². The first-order chi connectivity index (χ1) is 7.86. The average molecular weight is 300 g/mol. The van der Waals surface area contributed by atoms with Gasteiger partial charge in [-0.2, -0.15) is 0 Å². The van der Waals surface area contributed by atoms with Crippen LogP contribution in [0, 0.1) is 0 Å². The van der Waals surface area contributed by atoms with Crippen LogP contribution in [0.2, 0.25) is 0 Å². The fourth-order valence-corrected chi connectivity index (χ4v) is 1.70. The molecule has 0 spiro atoms. The predicted octanol–water partition coefficient (Wildman–Crippen LogP) is 3.22. The Hall–Kier alpha value is -0.870. The van der Waals surface area contributed by atoms with Crippen molar-refractivity contribution >= 4 is 23.2 Å². The molecule has 2 heterocycles. The monoisotopic (exact) mass is 299 g/mol. The second kappa shape index (κ2) is 10.3. The molecule has 1 saturated heterocycles. The van der Waals surface area contributed by atoms with Crippen LogP contribution in [0.15, 0.2) is 38.0 Å². The number of likely N-dealkylation sites (tertiary alicyclic amines) is 1. The number of aromatic nitrogens is 2. The minimum atomic E-state index is 0. The lowest BCUT2D eigenvalue weighted by Gasteiger charge is -2.24. The molecule has 2 rings (SSSR count). The molecule has 1 aliphatic rings. The molecular weight excluding hydrogens is 278 g/mol. The van der Waals surface area contributed by atoms with E-state index in [4.69, 9.17) is 0 Å². The van der Waals surface area contributed by atoms with Crippen molar-refractivity contribution < 1.29 is 0 Å². The smallest absolute Gasteiger partial charge is 0.0986 e. The van der Waals surface area contributed by atoms with E-state index in [0.29, 0.717) is 0 Å². The number of piperidine rings is 1. The molecule has 0 aromatic carbocycles. The first kappa shape index (κ1) is 16.1. The Morgan fingerprint density at radius 3 is 2.29 bits per heavy atom. The molecule has 0 unspecified atom stereocenters. The van der Waals surface area contributed by atoms with Gasteiger partial charge in [0, 0.05) is 25.1 Å². The lowest BCUT2D eigenvalue weighted by atomic mass is 10.1. The van der Waals surface area contributed by atoms with E-state index in [2.05, 4.69) is 23.0 Å². The predicted molar refractivity (Wildman–Crippen MR) is 79.4 cm³/mol. The summed E-state index contributed by atoms with van der Waals surface area (Å²) in [7, 11) is 0. The lowest BCUT2D eigenvalue weighted by Crippen LogP contribution is -2.29. The molecule has 96 valence electrons. The van der Waals surface area contributed by atoms with E-state index in [1.165, 1.54) is 32.4 Å². The minimum absolute atomic E-state index is 0. The molecule has 1 fully saturated rings. The van der Waals surface area contributed by atoms with Gasteiger partial charge >= 0.3 is 0 Å².